The van der Waals surface area contributed by atoms with Crippen LogP contribution in [-0.2, 0) is 4.79 Å². The second kappa shape index (κ2) is 8.56. The van der Waals surface area contributed by atoms with E-state index in [-0.39, 0.29) is 17.9 Å². The Morgan fingerprint density at radius 3 is 2.93 bits per heavy atom. The van der Waals surface area contributed by atoms with Gasteiger partial charge < -0.3 is 14.6 Å². The molecule has 6 nitrogen and oxygen atoms in total. The van der Waals surface area contributed by atoms with Crippen molar-refractivity contribution < 1.29 is 14.0 Å². The molecule has 0 saturated carbocycles. The van der Waals surface area contributed by atoms with Crippen LogP contribution in [0.3, 0.4) is 0 Å². The molecule has 2 amide bonds. The standard InChI is InChI=1S/C21H23N3O3S/c25-19(11-5-12-22-20(26)17-9-6-14-27-17)24-13-4-3-8-16(24)21-23-15-7-1-2-10-18(15)28-21/h1-2,6-7,9-10,14,16H,3-5,8,11-13H2,(H,22,26)/t16-/m1/s1. The average molecular weight is 398 g/mol. The summed E-state index contributed by atoms with van der Waals surface area (Å²) in [5.41, 5.74) is 1.00. The van der Waals surface area contributed by atoms with Gasteiger partial charge in [0.25, 0.3) is 5.91 Å². The normalized spacial score (nSPS) is 17.0. The molecule has 0 radical (unpaired) electrons. The van der Waals surface area contributed by atoms with Crippen LogP contribution in [0.25, 0.3) is 10.2 Å². The highest BCUT2D eigenvalue weighted by Gasteiger charge is 2.29. The van der Waals surface area contributed by atoms with Crippen LogP contribution < -0.4 is 5.32 Å². The first-order valence-electron chi connectivity index (χ1n) is 9.69. The highest BCUT2D eigenvalue weighted by molar-refractivity contribution is 7.18. The minimum Gasteiger partial charge on any atom is -0.459 e. The summed E-state index contributed by atoms with van der Waals surface area (Å²) in [6.07, 6.45) is 5.60. The molecule has 4 rings (SSSR count). The van der Waals surface area contributed by atoms with E-state index < -0.39 is 0 Å². The summed E-state index contributed by atoms with van der Waals surface area (Å²) in [5, 5.41) is 3.82. The largest absolute Gasteiger partial charge is 0.459 e. The minimum atomic E-state index is -0.247. The number of fused-ring (bicyclic) bond motifs is 1. The molecular weight excluding hydrogens is 374 g/mol. The summed E-state index contributed by atoms with van der Waals surface area (Å²) in [6, 6.07) is 11.5. The van der Waals surface area contributed by atoms with E-state index >= 15 is 0 Å². The first kappa shape index (κ1) is 18.7. The van der Waals surface area contributed by atoms with Crippen LogP contribution >= 0.6 is 11.3 Å². The maximum atomic E-state index is 12.8. The predicted octanol–water partition coefficient (Wildman–Crippen LogP) is 4.15. The van der Waals surface area contributed by atoms with Crippen molar-refractivity contribution in [2.75, 3.05) is 13.1 Å². The molecule has 1 aliphatic rings. The van der Waals surface area contributed by atoms with Gasteiger partial charge in [0, 0.05) is 19.5 Å². The summed E-state index contributed by atoms with van der Waals surface area (Å²) in [6.45, 7) is 1.23. The van der Waals surface area contributed by atoms with Gasteiger partial charge in [-0.05, 0) is 49.9 Å². The van der Waals surface area contributed by atoms with E-state index in [0.717, 1.165) is 41.0 Å². The fraction of sp³-hybridized carbons (Fsp3) is 0.381. The van der Waals surface area contributed by atoms with Gasteiger partial charge in [0.1, 0.15) is 5.01 Å². The number of hydrogen-bond acceptors (Lipinski definition) is 5. The molecule has 146 valence electrons. The molecule has 3 heterocycles. The molecule has 1 aliphatic heterocycles. The van der Waals surface area contributed by atoms with Gasteiger partial charge in [-0.3, -0.25) is 9.59 Å². The zero-order valence-corrected chi connectivity index (χ0v) is 16.4. The Morgan fingerprint density at radius 2 is 2.11 bits per heavy atom. The zero-order chi connectivity index (χ0) is 19.3. The smallest absolute Gasteiger partial charge is 0.286 e. The minimum absolute atomic E-state index is 0.0661. The van der Waals surface area contributed by atoms with E-state index in [9.17, 15) is 9.59 Å². The summed E-state index contributed by atoms with van der Waals surface area (Å²) >= 11 is 1.68. The van der Waals surface area contributed by atoms with Gasteiger partial charge >= 0.3 is 0 Å². The van der Waals surface area contributed by atoms with Gasteiger partial charge in [0.05, 0.1) is 22.5 Å². The second-order valence-corrected chi connectivity index (χ2v) is 8.02. The lowest BCUT2D eigenvalue weighted by Gasteiger charge is -2.34. The van der Waals surface area contributed by atoms with E-state index in [2.05, 4.69) is 11.4 Å². The Bertz CT molecular complexity index is 918. The van der Waals surface area contributed by atoms with Crippen molar-refractivity contribution in [3.05, 3.63) is 53.4 Å². The van der Waals surface area contributed by atoms with Crippen molar-refractivity contribution >= 4 is 33.4 Å². The predicted molar refractivity (Wildman–Crippen MR) is 108 cm³/mol. The maximum absolute atomic E-state index is 12.8. The molecule has 1 fully saturated rings. The van der Waals surface area contributed by atoms with Crippen LogP contribution in [0.5, 0.6) is 0 Å². The Morgan fingerprint density at radius 1 is 1.21 bits per heavy atom. The summed E-state index contributed by atoms with van der Waals surface area (Å²) in [5.74, 6) is 0.178. The van der Waals surface area contributed by atoms with E-state index in [4.69, 9.17) is 9.40 Å². The number of benzene rings is 1. The summed E-state index contributed by atoms with van der Waals surface area (Å²) in [7, 11) is 0. The van der Waals surface area contributed by atoms with Crippen LogP contribution in [0.1, 0.15) is 53.7 Å². The molecule has 3 aromatic rings. The third kappa shape index (κ3) is 4.09. The van der Waals surface area contributed by atoms with Crippen molar-refractivity contribution in [2.45, 2.75) is 38.1 Å². The molecular formula is C21H23N3O3S. The van der Waals surface area contributed by atoms with E-state index in [0.29, 0.717) is 25.1 Å². The van der Waals surface area contributed by atoms with Gasteiger partial charge in [-0.1, -0.05) is 12.1 Å². The number of rotatable bonds is 6. The van der Waals surface area contributed by atoms with Gasteiger partial charge in [-0.15, -0.1) is 11.3 Å². The molecule has 0 bridgehead atoms. The van der Waals surface area contributed by atoms with Crippen LogP contribution in [0.15, 0.2) is 47.1 Å². The zero-order valence-electron chi connectivity index (χ0n) is 15.6. The number of aromatic nitrogens is 1. The topological polar surface area (TPSA) is 75.4 Å². The lowest BCUT2D eigenvalue weighted by molar-refractivity contribution is -0.135. The molecule has 0 unspecified atom stereocenters. The fourth-order valence-electron chi connectivity index (χ4n) is 3.60. The Hall–Kier alpha value is -2.67. The quantitative estimate of drug-likeness (QED) is 0.634. The highest BCUT2D eigenvalue weighted by atomic mass is 32.1. The van der Waals surface area contributed by atoms with Crippen LogP contribution in [-0.4, -0.2) is 34.8 Å². The molecule has 7 heteroatoms. The Balaban J connectivity index is 1.34. The van der Waals surface area contributed by atoms with E-state index in [1.54, 1.807) is 23.5 Å². The van der Waals surface area contributed by atoms with Crippen LogP contribution in [0.4, 0.5) is 0 Å². The van der Waals surface area contributed by atoms with Gasteiger partial charge in [0.15, 0.2) is 5.76 Å². The van der Waals surface area contributed by atoms with Gasteiger partial charge in [-0.25, -0.2) is 4.98 Å². The Labute approximate surface area is 167 Å². The molecule has 1 atom stereocenters. The van der Waals surface area contributed by atoms with E-state index in [1.807, 2.05) is 23.1 Å². The number of nitrogens with one attached hydrogen (secondary N) is 1. The third-order valence-electron chi connectivity index (χ3n) is 5.02. The Kier molecular flexibility index (Phi) is 5.71. The van der Waals surface area contributed by atoms with Crippen molar-refractivity contribution in [3.63, 3.8) is 0 Å². The van der Waals surface area contributed by atoms with Crippen molar-refractivity contribution in [1.29, 1.82) is 0 Å². The van der Waals surface area contributed by atoms with Gasteiger partial charge in [0.2, 0.25) is 5.91 Å². The molecule has 0 spiro atoms. The van der Waals surface area contributed by atoms with Crippen LogP contribution in [0, 0.1) is 0 Å². The number of carbonyl (C=O) groups is 2. The number of likely N-dealkylation sites (tertiary alicyclic amines) is 1. The summed E-state index contributed by atoms with van der Waals surface area (Å²) in [4.78, 5) is 31.5. The fourth-order valence-corrected chi connectivity index (χ4v) is 4.71. The van der Waals surface area contributed by atoms with Crippen LogP contribution in [0.2, 0.25) is 0 Å². The molecule has 1 aromatic carbocycles. The third-order valence-corrected chi connectivity index (χ3v) is 6.15. The number of piperidine rings is 1. The number of furan rings is 1. The average Bonchev–Trinajstić information content (AvgIpc) is 3.40. The number of nitrogens with zero attached hydrogens (tertiary/aromatic N) is 2. The lowest BCUT2D eigenvalue weighted by atomic mass is 10.0. The highest BCUT2D eigenvalue weighted by Crippen LogP contribution is 2.35. The number of amides is 2. The van der Waals surface area contributed by atoms with Gasteiger partial charge in [-0.2, -0.15) is 0 Å². The number of hydrogen-bond donors (Lipinski definition) is 1. The monoisotopic (exact) mass is 397 g/mol. The van der Waals surface area contributed by atoms with Crippen molar-refractivity contribution in [1.82, 2.24) is 15.2 Å². The van der Waals surface area contributed by atoms with E-state index in [1.165, 1.54) is 6.26 Å². The maximum Gasteiger partial charge on any atom is 0.286 e. The lowest BCUT2D eigenvalue weighted by Crippen LogP contribution is -2.38. The number of carbonyl (C=O) groups excluding carboxylic acids is 2. The number of para-hydroxylation sites is 1. The molecule has 0 aliphatic carbocycles. The number of thiazole rings is 1. The first-order valence-corrected chi connectivity index (χ1v) is 10.5. The SMILES string of the molecule is O=C(NCCCC(=O)N1CCCC[C@@H]1c1nc2ccccc2s1)c1ccco1. The molecule has 2 aromatic heterocycles. The summed E-state index contributed by atoms with van der Waals surface area (Å²) < 4.78 is 6.23. The molecule has 1 saturated heterocycles. The molecule has 28 heavy (non-hydrogen) atoms. The molecule has 1 N–H and O–H groups in total. The first-order chi connectivity index (χ1) is 13.7. The van der Waals surface area contributed by atoms with Crippen molar-refractivity contribution in [2.24, 2.45) is 0 Å². The van der Waals surface area contributed by atoms with Crippen molar-refractivity contribution in [3.8, 4) is 0 Å². The second-order valence-electron chi connectivity index (χ2n) is 6.96.